The molecule has 9 nitrogen and oxygen atoms in total. The molecular weight excluding hydrogens is 547 g/mol. The topological polar surface area (TPSA) is 105 Å². The first-order valence-corrected chi connectivity index (χ1v) is 14.9. The van der Waals surface area contributed by atoms with Gasteiger partial charge in [-0.05, 0) is 49.7 Å². The lowest BCUT2D eigenvalue weighted by atomic mass is 9.86. The van der Waals surface area contributed by atoms with Gasteiger partial charge in [-0.2, -0.15) is 4.39 Å². The Morgan fingerprint density at radius 2 is 1.93 bits per heavy atom. The summed E-state index contributed by atoms with van der Waals surface area (Å²) in [6, 6.07) is 9.23. The van der Waals surface area contributed by atoms with E-state index >= 15 is 4.39 Å². The third-order valence-corrected chi connectivity index (χ3v) is 8.87. The van der Waals surface area contributed by atoms with Gasteiger partial charge in [-0.1, -0.05) is 35.6 Å². The van der Waals surface area contributed by atoms with Crippen molar-refractivity contribution < 1.29 is 28.6 Å². The standard InChI is InChI=1S/C30H33FN4O5S/c1-34-10-13-40-24-15-20(17-32-28(24)34)22-4-2-3-5-23(22)26-27(31)41-30(33-26)35(21-6-7-21)29(38)19(16-25(36)37)14-18-8-11-39-12-9-18/h2-5,15,17-19,21H,6-14,16H2,1H3,(H,36,37)/t19-/m1/s1. The summed E-state index contributed by atoms with van der Waals surface area (Å²) in [5.41, 5.74) is 2.28. The quantitative estimate of drug-likeness (QED) is 0.366. The minimum Gasteiger partial charge on any atom is -0.488 e. The Hall–Kier alpha value is -3.57. The van der Waals surface area contributed by atoms with Crippen LogP contribution in [0.2, 0.25) is 0 Å². The van der Waals surface area contributed by atoms with E-state index in [-0.39, 0.29) is 35.1 Å². The van der Waals surface area contributed by atoms with E-state index < -0.39 is 17.0 Å². The van der Waals surface area contributed by atoms with Gasteiger partial charge in [-0.3, -0.25) is 14.5 Å². The number of carboxylic acids is 1. The van der Waals surface area contributed by atoms with Crippen molar-refractivity contribution in [2.45, 2.75) is 44.6 Å². The zero-order chi connectivity index (χ0) is 28.5. The Kier molecular flexibility index (Phi) is 7.90. The van der Waals surface area contributed by atoms with E-state index in [2.05, 4.69) is 9.97 Å². The number of anilines is 2. The molecule has 3 aromatic rings. The van der Waals surface area contributed by atoms with Crippen LogP contribution in [0.1, 0.15) is 38.5 Å². The van der Waals surface area contributed by atoms with Gasteiger partial charge in [0, 0.05) is 49.5 Å². The number of likely N-dealkylation sites (N-methyl/N-ethyl adjacent to an activating group) is 1. The largest absolute Gasteiger partial charge is 0.488 e. The average Bonchev–Trinajstić information content (AvgIpc) is 3.73. The van der Waals surface area contributed by atoms with E-state index in [9.17, 15) is 14.7 Å². The van der Waals surface area contributed by atoms with Crippen LogP contribution in [0.3, 0.4) is 0 Å². The molecule has 1 aliphatic carbocycles. The maximum Gasteiger partial charge on any atom is 0.304 e. The maximum absolute atomic E-state index is 15.7. The lowest BCUT2D eigenvalue weighted by Crippen LogP contribution is -2.40. The van der Waals surface area contributed by atoms with Crippen molar-refractivity contribution in [1.82, 2.24) is 9.97 Å². The van der Waals surface area contributed by atoms with Crippen molar-refractivity contribution in [1.29, 1.82) is 0 Å². The van der Waals surface area contributed by atoms with Crippen molar-refractivity contribution in [2.75, 3.05) is 43.2 Å². The fourth-order valence-electron chi connectivity index (χ4n) is 5.70. The number of hydrogen-bond donors (Lipinski definition) is 1. The number of aromatic nitrogens is 2. The van der Waals surface area contributed by atoms with Gasteiger partial charge in [0.15, 0.2) is 16.7 Å². The highest BCUT2D eigenvalue weighted by Gasteiger charge is 2.40. The number of carbonyl (C=O) groups excluding carboxylic acids is 1. The van der Waals surface area contributed by atoms with Crippen LogP contribution in [-0.2, 0) is 14.3 Å². The molecule has 2 fully saturated rings. The number of pyridine rings is 1. The lowest BCUT2D eigenvalue weighted by molar-refractivity contribution is -0.141. The number of aliphatic carboxylic acids is 1. The van der Waals surface area contributed by atoms with Crippen LogP contribution in [0.25, 0.3) is 22.4 Å². The summed E-state index contributed by atoms with van der Waals surface area (Å²) in [7, 11) is 1.96. The molecule has 1 atom stereocenters. The monoisotopic (exact) mass is 580 g/mol. The van der Waals surface area contributed by atoms with Crippen molar-refractivity contribution in [3.8, 4) is 28.1 Å². The molecule has 2 aliphatic heterocycles. The lowest BCUT2D eigenvalue weighted by Gasteiger charge is -2.29. The summed E-state index contributed by atoms with van der Waals surface area (Å²) in [6.07, 6.45) is 5.14. The zero-order valence-electron chi connectivity index (χ0n) is 22.9. The van der Waals surface area contributed by atoms with E-state index in [1.165, 1.54) is 0 Å². The smallest absolute Gasteiger partial charge is 0.304 e. The van der Waals surface area contributed by atoms with E-state index in [4.69, 9.17) is 9.47 Å². The van der Waals surface area contributed by atoms with E-state index in [0.717, 1.165) is 60.5 Å². The third kappa shape index (κ3) is 5.92. The molecular formula is C30H33FN4O5S. The van der Waals surface area contributed by atoms with Gasteiger partial charge in [-0.25, -0.2) is 9.97 Å². The molecule has 1 aromatic carbocycles. The number of fused-ring (bicyclic) bond motifs is 1. The fraction of sp³-hybridized carbons (Fsp3) is 0.467. The number of hydrogen-bond acceptors (Lipinski definition) is 8. The minimum atomic E-state index is -1.01. The second-order valence-corrected chi connectivity index (χ2v) is 11.9. The Labute approximate surface area is 241 Å². The third-order valence-electron chi connectivity index (χ3n) is 8.03. The van der Waals surface area contributed by atoms with Crippen molar-refractivity contribution in [3.63, 3.8) is 0 Å². The van der Waals surface area contributed by atoms with Gasteiger partial charge in [0.25, 0.3) is 0 Å². The minimum absolute atomic E-state index is 0.0962. The van der Waals surface area contributed by atoms with Crippen molar-refractivity contribution >= 4 is 34.2 Å². The molecule has 1 amide bonds. The van der Waals surface area contributed by atoms with Crippen LogP contribution in [0.5, 0.6) is 5.75 Å². The van der Waals surface area contributed by atoms with Crippen LogP contribution >= 0.6 is 11.3 Å². The number of rotatable bonds is 9. The molecule has 216 valence electrons. The first kappa shape index (κ1) is 27.6. The summed E-state index contributed by atoms with van der Waals surface area (Å²) in [6.45, 7) is 2.55. The second kappa shape index (κ2) is 11.7. The van der Waals surface area contributed by atoms with E-state index in [1.54, 1.807) is 11.1 Å². The second-order valence-electron chi connectivity index (χ2n) is 11.0. The molecule has 0 bridgehead atoms. The Morgan fingerprint density at radius 1 is 1.17 bits per heavy atom. The predicted molar refractivity (Wildman–Crippen MR) is 154 cm³/mol. The van der Waals surface area contributed by atoms with Gasteiger partial charge in [0.2, 0.25) is 11.0 Å². The molecule has 0 radical (unpaired) electrons. The first-order chi connectivity index (χ1) is 19.9. The van der Waals surface area contributed by atoms with E-state index in [1.807, 2.05) is 42.3 Å². The van der Waals surface area contributed by atoms with Gasteiger partial charge >= 0.3 is 5.97 Å². The maximum atomic E-state index is 15.7. The van der Waals surface area contributed by atoms with Gasteiger partial charge < -0.3 is 19.5 Å². The molecule has 6 rings (SSSR count). The molecule has 3 aliphatic rings. The number of thiazole rings is 1. The molecule has 0 spiro atoms. The number of carbonyl (C=O) groups is 2. The van der Waals surface area contributed by atoms with Gasteiger partial charge in [-0.15, -0.1) is 0 Å². The van der Waals surface area contributed by atoms with Crippen molar-refractivity contribution in [3.05, 3.63) is 41.7 Å². The summed E-state index contributed by atoms with van der Waals surface area (Å²) >= 11 is 0.836. The zero-order valence-corrected chi connectivity index (χ0v) is 23.7. The SMILES string of the molecule is CN1CCOc2cc(-c3ccccc3-c3nc(N(C(=O)[C@@H](CC(=O)O)CC4CCOCC4)C4CC4)sc3F)cnc21. The predicted octanol–water partition coefficient (Wildman–Crippen LogP) is 5.24. The molecule has 4 heterocycles. The number of benzene rings is 1. The first-order valence-electron chi connectivity index (χ1n) is 14.1. The highest BCUT2D eigenvalue weighted by Crippen LogP contribution is 2.42. The summed E-state index contributed by atoms with van der Waals surface area (Å²) in [5.74, 6) is -0.337. The number of carboxylic acid groups (broad SMARTS) is 1. The Balaban J connectivity index is 1.32. The molecule has 2 aromatic heterocycles. The molecule has 11 heteroatoms. The van der Waals surface area contributed by atoms with Crippen LogP contribution in [0.15, 0.2) is 36.5 Å². The number of halogens is 1. The summed E-state index contributed by atoms with van der Waals surface area (Å²) in [5, 5.41) is 9.39. The normalized spacial score (nSPS) is 18.0. The molecule has 1 saturated carbocycles. The summed E-state index contributed by atoms with van der Waals surface area (Å²) in [4.78, 5) is 38.5. The van der Waals surface area contributed by atoms with Crippen LogP contribution in [0.4, 0.5) is 15.3 Å². The number of amides is 1. The highest BCUT2D eigenvalue weighted by molar-refractivity contribution is 7.14. The van der Waals surface area contributed by atoms with E-state index in [0.29, 0.717) is 37.6 Å². The van der Waals surface area contributed by atoms with Crippen LogP contribution in [-0.4, -0.2) is 66.4 Å². The fourth-order valence-corrected chi connectivity index (χ4v) is 6.59. The number of nitrogens with zero attached hydrogens (tertiary/aromatic N) is 4. The molecule has 1 saturated heterocycles. The van der Waals surface area contributed by atoms with Crippen molar-refractivity contribution in [2.24, 2.45) is 11.8 Å². The van der Waals surface area contributed by atoms with Gasteiger partial charge in [0.1, 0.15) is 12.3 Å². The molecule has 41 heavy (non-hydrogen) atoms. The summed E-state index contributed by atoms with van der Waals surface area (Å²) < 4.78 is 27.0. The molecule has 1 N–H and O–H groups in total. The van der Waals surface area contributed by atoms with Crippen LogP contribution in [0, 0.1) is 17.0 Å². The Bertz CT molecular complexity index is 1440. The van der Waals surface area contributed by atoms with Gasteiger partial charge in [0.05, 0.1) is 13.0 Å². The highest BCUT2D eigenvalue weighted by atomic mass is 32.1. The average molecular weight is 581 g/mol. The Morgan fingerprint density at radius 3 is 2.66 bits per heavy atom. The number of ether oxygens (including phenoxy) is 2. The van der Waals surface area contributed by atoms with Crippen LogP contribution < -0.4 is 14.5 Å². The molecule has 0 unspecified atom stereocenters.